The predicted molar refractivity (Wildman–Crippen MR) is 286 cm³/mol. The van der Waals surface area contributed by atoms with Crippen molar-refractivity contribution < 1.29 is 139 Å². The van der Waals surface area contributed by atoms with Gasteiger partial charge in [0, 0.05) is 11.3 Å². The molecule has 494 valence electrons. The lowest BCUT2D eigenvalue weighted by Crippen LogP contribution is -2.73. The molecule has 0 aromatic carbocycles. The molecule has 0 radical (unpaired) electrons. The van der Waals surface area contributed by atoms with Gasteiger partial charge >= 0.3 is 5.97 Å². The fourth-order valence-electron chi connectivity index (χ4n) is 17.8. The molecule has 5 saturated heterocycles. The van der Waals surface area contributed by atoms with Gasteiger partial charge in [-0.15, -0.1) is 0 Å². The van der Waals surface area contributed by atoms with Crippen molar-refractivity contribution in [2.75, 3.05) is 26.4 Å². The number of hydrogen-bond acceptors (Lipinski definition) is 28. The standard InChI is InChI=1S/C58H94O28/c1-21-32(66)35(69)38(72)48(79-21)83-43-28(64)19-77-47(41(43)75)82-42-22(2)80-49(40(74)37(42)71)84-44-33(67)27(63)18-78-51(44)86-52(76)58-12-11-53(3,4)13-24(58)23-9-10-30-54(5)14-26(62)46(85-50-39(73)36(70)34(68)29(17-59)81-50)55(6,20-60)45(54)25(61)15-57(30,8)56(23,7)16-31(58)65/h9,21-22,24-51,59-75H,10-20H2,1-8H3/t21-,22-,24-,25+,26-,27-,28+,29+,30+,31+,32-,33-,34+,35+,36-,37-,38+,39+,40+,41+,42-,43-,44+,45+,46-,47-,48-,49-,50-,51-,54+,55-,56+,57+,58+/m0/s1. The number of aliphatic hydroxyl groups excluding tert-OH is 17. The van der Waals surface area contributed by atoms with Crippen LogP contribution in [0.3, 0.4) is 0 Å². The van der Waals surface area contributed by atoms with Crippen LogP contribution in [0, 0.1) is 50.2 Å². The van der Waals surface area contributed by atoms with Crippen molar-refractivity contribution >= 4 is 5.97 Å². The van der Waals surface area contributed by atoms with Gasteiger partial charge in [0.1, 0.15) is 97.0 Å². The van der Waals surface area contributed by atoms with Crippen molar-refractivity contribution in [2.24, 2.45) is 50.2 Å². The first-order chi connectivity index (χ1) is 40.2. The molecule has 28 heteroatoms. The maximum atomic E-state index is 15.5. The van der Waals surface area contributed by atoms with Gasteiger partial charge < -0.3 is 134 Å². The molecule has 10 rings (SSSR count). The zero-order valence-corrected chi connectivity index (χ0v) is 49.8. The van der Waals surface area contributed by atoms with E-state index in [1.54, 1.807) is 6.92 Å². The second-order valence-electron chi connectivity index (χ2n) is 28.4. The van der Waals surface area contributed by atoms with E-state index in [1.807, 2.05) is 13.8 Å². The van der Waals surface area contributed by atoms with Crippen molar-refractivity contribution in [1.82, 2.24) is 0 Å². The summed E-state index contributed by atoms with van der Waals surface area (Å²) in [6, 6.07) is 0. The smallest absolute Gasteiger partial charge is 0.317 e. The Morgan fingerprint density at radius 1 is 0.547 bits per heavy atom. The van der Waals surface area contributed by atoms with Gasteiger partial charge in [0.2, 0.25) is 6.29 Å². The monoisotopic (exact) mass is 1240 g/mol. The third kappa shape index (κ3) is 10.8. The minimum Gasteiger partial charge on any atom is -0.432 e. The van der Waals surface area contributed by atoms with Gasteiger partial charge in [-0.3, -0.25) is 4.79 Å². The van der Waals surface area contributed by atoms with Gasteiger partial charge in [-0.05, 0) is 92.3 Å². The van der Waals surface area contributed by atoms with E-state index in [-0.39, 0.29) is 37.0 Å². The Morgan fingerprint density at radius 2 is 1.13 bits per heavy atom. The van der Waals surface area contributed by atoms with Crippen molar-refractivity contribution in [2.45, 2.75) is 266 Å². The van der Waals surface area contributed by atoms with Gasteiger partial charge in [-0.1, -0.05) is 53.2 Å². The fraction of sp³-hybridized carbons (Fsp3) is 0.948. The van der Waals surface area contributed by atoms with Gasteiger partial charge in [0.25, 0.3) is 0 Å². The van der Waals surface area contributed by atoms with Gasteiger partial charge in [-0.25, -0.2) is 0 Å². The molecule has 35 atom stereocenters. The highest BCUT2D eigenvalue weighted by atomic mass is 16.8. The molecule has 17 N–H and O–H groups in total. The van der Waals surface area contributed by atoms with Crippen LogP contribution >= 0.6 is 0 Å². The first-order valence-corrected chi connectivity index (χ1v) is 30.3. The Bertz CT molecular complexity index is 2420. The number of rotatable bonds is 12. The molecule has 10 aliphatic rings. The number of fused-ring (bicyclic) bond motifs is 7. The molecule has 86 heavy (non-hydrogen) atoms. The molecule has 0 spiro atoms. The summed E-state index contributed by atoms with van der Waals surface area (Å²) in [7, 11) is 0. The Labute approximate surface area is 498 Å². The third-order valence-electron chi connectivity index (χ3n) is 22.7. The molecule has 0 aromatic heterocycles. The van der Waals surface area contributed by atoms with Gasteiger partial charge in [-0.2, -0.15) is 0 Å². The van der Waals surface area contributed by atoms with E-state index in [4.69, 9.17) is 47.4 Å². The van der Waals surface area contributed by atoms with Crippen molar-refractivity contribution in [3.8, 4) is 0 Å². The fourth-order valence-corrected chi connectivity index (χ4v) is 17.8. The minimum atomic E-state index is -2.00. The molecule has 5 aliphatic heterocycles. The third-order valence-corrected chi connectivity index (χ3v) is 22.7. The number of carbonyl (C=O) groups is 1. The summed E-state index contributed by atoms with van der Waals surface area (Å²) in [5.41, 5.74) is -5.23. The largest absolute Gasteiger partial charge is 0.432 e. The summed E-state index contributed by atoms with van der Waals surface area (Å²) in [6.45, 7) is 12.3. The van der Waals surface area contributed by atoms with Crippen LogP contribution in [-0.2, 0) is 52.2 Å². The van der Waals surface area contributed by atoms with Crippen LogP contribution in [0.15, 0.2) is 11.6 Å². The van der Waals surface area contributed by atoms with Crippen molar-refractivity contribution in [3.05, 3.63) is 11.6 Å². The van der Waals surface area contributed by atoms with Crippen LogP contribution in [0.25, 0.3) is 0 Å². The number of hydrogen-bond donors (Lipinski definition) is 17. The van der Waals surface area contributed by atoms with Crippen LogP contribution in [0.1, 0.15) is 100 Å². The van der Waals surface area contributed by atoms with E-state index in [1.165, 1.54) is 13.8 Å². The van der Waals surface area contributed by atoms with Crippen LogP contribution < -0.4 is 0 Å². The molecule has 4 saturated carbocycles. The summed E-state index contributed by atoms with van der Waals surface area (Å²) in [6.07, 6.45) is -39.3. The highest BCUT2D eigenvalue weighted by Gasteiger charge is 2.75. The molecular weight excluding hydrogens is 1140 g/mol. The van der Waals surface area contributed by atoms with E-state index in [0.29, 0.717) is 19.3 Å². The summed E-state index contributed by atoms with van der Waals surface area (Å²) in [4.78, 5) is 15.5. The van der Waals surface area contributed by atoms with E-state index < -0.39 is 237 Å². The topological polar surface area (TPSA) is 453 Å². The van der Waals surface area contributed by atoms with E-state index >= 15 is 4.79 Å². The van der Waals surface area contributed by atoms with E-state index in [9.17, 15) is 86.8 Å². The van der Waals surface area contributed by atoms with Crippen LogP contribution in [-0.4, -0.2) is 285 Å². The highest BCUT2D eigenvalue weighted by Crippen LogP contribution is 2.76. The zero-order chi connectivity index (χ0) is 63.0. The Kier molecular flexibility index (Phi) is 18.9. The second kappa shape index (κ2) is 24.3. The molecule has 0 unspecified atom stereocenters. The number of allylic oxidation sites excluding steroid dienone is 2. The first kappa shape index (κ1) is 67.1. The van der Waals surface area contributed by atoms with Crippen LogP contribution in [0.4, 0.5) is 0 Å². The summed E-state index contributed by atoms with van der Waals surface area (Å²) < 4.78 is 58.8. The number of ether oxygens (including phenoxy) is 10. The lowest BCUT2D eigenvalue weighted by molar-refractivity contribution is -0.377. The van der Waals surface area contributed by atoms with Gasteiger partial charge in [0.05, 0.1) is 63.1 Å². The Balaban J connectivity index is 0.865. The number of carbonyl (C=O) groups excluding carboxylic acids is 1. The molecule has 5 aliphatic carbocycles. The quantitative estimate of drug-likeness (QED) is 0.0494. The summed E-state index contributed by atoms with van der Waals surface area (Å²) >= 11 is 0. The summed E-state index contributed by atoms with van der Waals surface area (Å²) in [5.74, 6) is -2.63. The van der Waals surface area contributed by atoms with Gasteiger partial charge in [0.15, 0.2) is 31.3 Å². The Morgan fingerprint density at radius 3 is 1.78 bits per heavy atom. The lowest BCUT2D eigenvalue weighted by Gasteiger charge is -2.73. The maximum Gasteiger partial charge on any atom is 0.317 e. The number of aliphatic hydroxyl groups is 17. The van der Waals surface area contributed by atoms with E-state index in [0.717, 1.165) is 5.57 Å². The predicted octanol–water partition coefficient (Wildman–Crippen LogP) is -4.99. The summed E-state index contributed by atoms with van der Waals surface area (Å²) in [5, 5.41) is 190. The van der Waals surface area contributed by atoms with E-state index in [2.05, 4.69) is 26.8 Å². The molecule has 0 bridgehead atoms. The minimum absolute atomic E-state index is 0.00553. The van der Waals surface area contributed by atoms with Crippen LogP contribution in [0.5, 0.6) is 0 Å². The average Bonchev–Trinajstić information content (AvgIpc) is 0.677. The molecule has 9 fully saturated rings. The second-order valence-corrected chi connectivity index (χ2v) is 28.4. The Hall–Kier alpha value is -1.83. The molecule has 0 aromatic rings. The number of esters is 1. The average molecular weight is 1240 g/mol. The van der Waals surface area contributed by atoms with Crippen molar-refractivity contribution in [1.29, 1.82) is 0 Å². The first-order valence-electron chi connectivity index (χ1n) is 30.3. The van der Waals surface area contributed by atoms with Crippen molar-refractivity contribution in [3.63, 3.8) is 0 Å². The molecule has 0 amide bonds. The maximum absolute atomic E-state index is 15.5. The zero-order valence-electron chi connectivity index (χ0n) is 49.8. The highest BCUT2D eigenvalue weighted by molar-refractivity contribution is 5.80. The molecule has 28 nitrogen and oxygen atoms in total. The van der Waals surface area contributed by atoms with Crippen LogP contribution in [0.2, 0.25) is 0 Å². The SMILES string of the molecule is C[C@@H]1O[C@@H](O[C@@H]2[C@@H](O)[C@H](O[C@@H]3[C@@H](O)[C@@H](O)[C@H](O[C@H]4[C@H](OC(=O)[C@]56CCC(C)(C)C[C@H]5C5=CC[C@@H]7[C@@]8(C)C[C@H](O)[C@H](O[C@@H]9O[C@H](CO)[C@@H](O)[C@H](O)[C@H]9O)[C@@](C)(CO)[C@@H]8[C@H](O)C[C@@]7(C)[C@]5(C)C[C@H]6O)OC[C@H](O)[C@@H]4O)O[C@H]3C)OC[C@H]2O)[C@H](O)[C@H](O)[C@H]1O. The molecular formula is C58H94O28. The normalized spacial score (nSPS) is 56.5. The lowest BCUT2D eigenvalue weighted by atomic mass is 9.32. The molecule has 5 heterocycles.